The summed E-state index contributed by atoms with van der Waals surface area (Å²) in [7, 11) is 0. The van der Waals surface area contributed by atoms with Gasteiger partial charge in [0.2, 0.25) is 0 Å². The summed E-state index contributed by atoms with van der Waals surface area (Å²) in [6, 6.07) is 0. The minimum Gasteiger partial charge on any atom is -0.462 e. The van der Waals surface area contributed by atoms with Crippen LogP contribution in [0.4, 0.5) is 0 Å². The van der Waals surface area contributed by atoms with Gasteiger partial charge in [-0.15, -0.1) is 0 Å². The molecule has 0 amide bonds. The van der Waals surface area contributed by atoms with E-state index in [1.165, 1.54) is 10.1 Å². The van der Waals surface area contributed by atoms with Crippen molar-refractivity contribution in [3.63, 3.8) is 0 Å². The highest BCUT2D eigenvalue weighted by molar-refractivity contribution is 8.14. The highest BCUT2D eigenvalue weighted by atomic mass is 32.2. The quantitative estimate of drug-likeness (QED) is 0.0901. The first-order chi connectivity index (χ1) is 29.0. The Morgan fingerprint density at radius 1 is 0.500 bits per heavy atom. The summed E-state index contributed by atoms with van der Waals surface area (Å²) in [6.07, 6.45) is 2.31. The molecule has 4 N–H and O–H groups in total. The third-order valence-electron chi connectivity index (χ3n) is 15.9. The Hall–Kier alpha value is -1.81. The summed E-state index contributed by atoms with van der Waals surface area (Å²) in [4.78, 5) is 58.7. The van der Waals surface area contributed by atoms with Crippen LogP contribution in [0.3, 0.4) is 0 Å². The molecular formula is C50H88N2O11S. The molecular weight excluding hydrogens is 837 g/mol. The SMILES string of the molecule is CC1(C)CC(OC(=O)CC(C(=O)OC2CC(C)(C)N(O)C(C)(C)C2)C(CC(=O)OC2CC(C)(C)N(O)C(C)(C)C2)C(=O)SC2CC(C)(C)C(CCO)C(C)(C)C2)CC(C)(C)C1CCO. The minimum atomic E-state index is -1.39. The number of nitrogens with zero attached hydrogens (tertiary/aromatic N) is 2. The second-order valence-electron chi connectivity index (χ2n) is 25.6. The Morgan fingerprint density at radius 3 is 1.17 bits per heavy atom. The fraction of sp³-hybridized carbons (Fsp3) is 0.920. The van der Waals surface area contributed by atoms with Crippen LogP contribution in [0, 0.1) is 45.3 Å². The van der Waals surface area contributed by atoms with E-state index in [2.05, 4.69) is 55.4 Å². The molecule has 4 rings (SSSR count). The molecule has 13 nitrogen and oxygen atoms in total. The zero-order valence-corrected chi connectivity index (χ0v) is 43.3. The third-order valence-corrected chi connectivity index (χ3v) is 17.1. The number of ether oxygens (including phenoxy) is 3. The summed E-state index contributed by atoms with van der Waals surface area (Å²) >= 11 is 1.13. The summed E-state index contributed by atoms with van der Waals surface area (Å²) in [6.45, 7) is 32.2. The molecule has 2 saturated carbocycles. The average Bonchev–Trinajstić information content (AvgIpc) is 3.09. The van der Waals surface area contributed by atoms with E-state index in [9.17, 15) is 35.0 Å². The minimum absolute atomic E-state index is 0.0581. The zero-order valence-electron chi connectivity index (χ0n) is 42.5. The number of carbonyl (C=O) groups is 4. The molecule has 0 aromatic rings. The molecule has 64 heavy (non-hydrogen) atoms. The second-order valence-corrected chi connectivity index (χ2v) is 26.9. The van der Waals surface area contributed by atoms with Crippen molar-refractivity contribution in [1.82, 2.24) is 10.1 Å². The third kappa shape index (κ3) is 12.8. The number of carbonyl (C=O) groups excluding carboxylic acids is 4. The fourth-order valence-electron chi connectivity index (χ4n) is 13.8. The van der Waals surface area contributed by atoms with Gasteiger partial charge in [0.25, 0.3) is 0 Å². The van der Waals surface area contributed by atoms with E-state index in [1.807, 2.05) is 55.4 Å². The number of hydrogen-bond acceptors (Lipinski definition) is 14. The van der Waals surface area contributed by atoms with Gasteiger partial charge >= 0.3 is 17.9 Å². The maximum Gasteiger partial charge on any atom is 0.310 e. The van der Waals surface area contributed by atoms with E-state index in [0.717, 1.165) is 11.8 Å². The van der Waals surface area contributed by atoms with Gasteiger partial charge in [0.05, 0.1) is 24.7 Å². The molecule has 2 aliphatic heterocycles. The lowest BCUT2D eigenvalue weighted by Gasteiger charge is -2.52. The van der Waals surface area contributed by atoms with Crippen molar-refractivity contribution < 1.29 is 54.0 Å². The lowest BCUT2D eigenvalue weighted by atomic mass is 9.55. The Bertz CT molecular complexity index is 1600. The van der Waals surface area contributed by atoms with Crippen molar-refractivity contribution in [1.29, 1.82) is 0 Å². The molecule has 0 radical (unpaired) electrons. The van der Waals surface area contributed by atoms with Gasteiger partial charge in [0, 0.05) is 66.3 Å². The number of aliphatic hydroxyl groups is 2. The molecule has 0 aromatic heterocycles. The van der Waals surface area contributed by atoms with Crippen LogP contribution in [-0.2, 0) is 33.4 Å². The van der Waals surface area contributed by atoms with Crippen molar-refractivity contribution in [2.45, 2.75) is 234 Å². The largest absolute Gasteiger partial charge is 0.462 e. The van der Waals surface area contributed by atoms with Gasteiger partial charge in [-0.2, -0.15) is 10.1 Å². The first-order valence-corrected chi connectivity index (χ1v) is 24.9. The van der Waals surface area contributed by atoms with Crippen LogP contribution in [-0.4, -0.2) is 113 Å². The van der Waals surface area contributed by atoms with Crippen LogP contribution in [0.15, 0.2) is 0 Å². The number of aliphatic hydroxyl groups excluding tert-OH is 2. The van der Waals surface area contributed by atoms with E-state index in [1.54, 1.807) is 0 Å². The average molecular weight is 925 g/mol. The van der Waals surface area contributed by atoms with Gasteiger partial charge in [-0.05, 0) is 127 Å². The standard InChI is InChI=1S/C50H88N2O11S/c1-43(2)23-31(24-44(3,4)37(43)17-19-53)61-39(55)21-35(41(57)63-33-27-49(13,14)52(60)50(15,16)28-33)36(22-40(56)62-32-25-47(9,10)51(59)48(11,12)26-32)42(58)64-34-29-45(5,6)38(18-20-54)46(7,8)30-34/h31-38,53-54,59-60H,17-30H2,1-16H3. The van der Waals surface area contributed by atoms with Crippen molar-refractivity contribution in [2.24, 2.45) is 45.3 Å². The number of rotatable bonds is 15. The summed E-state index contributed by atoms with van der Waals surface area (Å²) in [5.41, 5.74) is -3.92. The van der Waals surface area contributed by atoms with Gasteiger partial charge < -0.3 is 34.8 Å². The first-order valence-electron chi connectivity index (χ1n) is 24.0. The Balaban J connectivity index is 1.73. The predicted molar refractivity (Wildman–Crippen MR) is 248 cm³/mol. The van der Waals surface area contributed by atoms with E-state index in [0.29, 0.717) is 64.2 Å². The number of thioether (sulfide) groups is 1. The van der Waals surface area contributed by atoms with Crippen LogP contribution in [0.2, 0.25) is 0 Å². The van der Waals surface area contributed by atoms with Crippen molar-refractivity contribution in [2.75, 3.05) is 13.2 Å². The number of esters is 3. The van der Waals surface area contributed by atoms with E-state index < -0.39 is 88.2 Å². The highest BCUT2D eigenvalue weighted by Gasteiger charge is 2.53. The molecule has 370 valence electrons. The summed E-state index contributed by atoms with van der Waals surface area (Å²) in [5.74, 6) is -4.42. The normalized spacial score (nSPS) is 30.7. The van der Waals surface area contributed by atoms with E-state index in [4.69, 9.17) is 14.2 Å². The van der Waals surface area contributed by atoms with Crippen LogP contribution >= 0.6 is 11.8 Å². The molecule has 2 aliphatic carbocycles. The summed E-state index contributed by atoms with van der Waals surface area (Å²) < 4.78 is 18.7. The lowest BCUT2D eigenvalue weighted by molar-refractivity contribution is -0.260. The molecule has 0 spiro atoms. The van der Waals surface area contributed by atoms with Gasteiger partial charge in [-0.3, -0.25) is 19.2 Å². The van der Waals surface area contributed by atoms with Gasteiger partial charge in [-0.1, -0.05) is 67.2 Å². The molecule has 2 unspecified atom stereocenters. The molecule has 2 atom stereocenters. The zero-order chi connectivity index (χ0) is 48.8. The van der Waals surface area contributed by atoms with Gasteiger partial charge in [-0.25, -0.2) is 0 Å². The number of hydrogen-bond donors (Lipinski definition) is 4. The Labute approximate surface area is 389 Å². The highest BCUT2D eigenvalue weighted by Crippen LogP contribution is 2.56. The molecule has 14 heteroatoms. The molecule has 4 aliphatic rings. The monoisotopic (exact) mass is 925 g/mol. The summed E-state index contributed by atoms with van der Waals surface area (Å²) in [5, 5.41) is 43.9. The van der Waals surface area contributed by atoms with Crippen LogP contribution in [0.5, 0.6) is 0 Å². The number of hydroxylamine groups is 4. The first kappa shape index (κ1) is 54.8. The molecule has 4 fully saturated rings. The van der Waals surface area contributed by atoms with E-state index in [-0.39, 0.29) is 52.0 Å². The van der Waals surface area contributed by atoms with Crippen LogP contribution < -0.4 is 0 Å². The number of piperidine rings is 2. The topological polar surface area (TPSA) is 183 Å². The maximum atomic E-state index is 15.1. The van der Waals surface area contributed by atoms with Crippen LogP contribution in [0.1, 0.15) is 188 Å². The maximum absolute atomic E-state index is 15.1. The van der Waals surface area contributed by atoms with Gasteiger partial charge in [0.1, 0.15) is 18.3 Å². The Morgan fingerprint density at radius 2 is 0.812 bits per heavy atom. The smallest absolute Gasteiger partial charge is 0.310 e. The fourth-order valence-corrected chi connectivity index (χ4v) is 15.6. The molecule has 2 saturated heterocycles. The second kappa shape index (κ2) is 19.7. The van der Waals surface area contributed by atoms with Crippen molar-refractivity contribution in [3.05, 3.63) is 0 Å². The van der Waals surface area contributed by atoms with Crippen molar-refractivity contribution >= 4 is 34.8 Å². The van der Waals surface area contributed by atoms with Gasteiger partial charge in [0.15, 0.2) is 5.12 Å². The van der Waals surface area contributed by atoms with Crippen molar-refractivity contribution in [3.8, 4) is 0 Å². The lowest BCUT2D eigenvalue weighted by Crippen LogP contribution is -2.61. The van der Waals surface area contributed by atoms with E-state index >= 15 is 4.79 Å². The van der Waals surface area contributed by atoms with Crippen LogP contribution in [0.25, 0.3) is 0 Å². The molecule has 0 bridgehead atoms. The molecule has 2 heterocycles. The molecule has 0 aromatic carbocycles. The predicted octanol–water partition coefficient (Wildman–Crippen LogP) is 9.14. The Kier molecular flexibility index (Phi) is 16.8.